The Labute approximate surface area is 82.8 Å². The number of carbonyl (C=O) groups is 1. The van der Waals surface area contributed by atoms with Gasteiger partial charge in [-0.15, -0.1) is 0 Å². The maximum Gasteiger partial charge on any atom is 0.342 e. The van der Waals surface area contributed by atoms with Crippen LogP contribution in [0, 0.1) is 10.1 Å². The van der Waals surface area contributed by atoms with Gasteiger partial charge in [0.05, 0.1) is 10.6 Å². The molecule has 0 atom stereocenters. The molecule has 1 rings (SSSR count). The van der Waals surface area contributed by atoms with Crippen LogP contribution in [0.25, 0.3) is 0 Å². The van der Waals surface area contributed by atoms with E-state index in [1.807, 2.05) is 0 Å². The minimum Gasteiger partial charge on any atom is -0.477 e. The van der Waals surface area contributed by atoms with Crippen LogP contribution in [-0.2, 0) is 4.79 Å². The summed E-state index contributed by atoms with van der Waals surface area (Å²) in [4.78, 5) is 33.3. The third-order valence-electron chi connectivity index (χ3n) is 1.58. The minimum atomic E-state index is -1.41. The summed E-state index contributed by atoms with van der Waals surface area (Å²) in [5.74, 6) is -1.41. The highest BCUT2D eigenvalue weighted by molar-refractivity contribution is 5.93. The number of aliphatic imine (C=N–C) groups is 1. The molecule has 0 heterocycles. The number of carbonyl (C=O) groups excluding carboxylic acids is 1. The maximum absolute atomic E-state index is 10.6. The molecule has 7 nitrogen and oxygen atoms in total. The number of benzene rings is 1. The van der Waals surface area contributed by atoms with Gasteiger partial charge in [-0.05, 0) is 12.1 Å². The van der Waals surface area contributed by atoms with Crippen LogP contribution in [0.4, 0.5) is 11.4 Å². The molecule has 0 radical (unpaired) electrons. The highest BCUT2D eigenvalue weighted by Gasteiger charge is 2.19. The molecule has 0 amide bonds. The maximum atomic E-state index is 10.6. The summed E-state index contributed by atoms with van der Waals surface area (Å²) >= 11 is 0. The SMILES string of the molecule is O=C=Nc1ccc(C(=O)O)c([N+](=O)[O-])c1. The zero-order valence-electron chi connectivity index (χ0n) is 7.21. The highest BCUT2D eigenvalue weighted by Crippen LogP contribution is 2.24. The molecule has 0 saturated heterocycles. The number of rotatable bonds is 3. The van der Waals surface area contributed by atoms with Gasteiger partial charge >= 0.3 is 5.97 Å². The van der Waals surface area contributed by atoms with Gasteiger partial charge < -0.3 is 5.11 Å². The van der Waals surface area contributed by atoms with Crippen molar-refractivity contribution >= 4 is 23.4 Å². The number of aromatic carboxylic acids is 1. The van der Waals surface area contributed by atoms with Crippen molar-refractivity contribution in [3.8, 4) is 0 Å². The molecular formula is C8H4N2O5. The highest BCUT2D eigenvalue weighted by atomic mass is 16.6. The molecule has 0 fully saturated rings. The van der Waals surface area contributed by atoms with E-state index >= 15 is 0 Å². The van der Waals surface area contributed by atoms with Crippen LogP contribution in [-0.4, -0.2) is 22.1 Å². The molecule has 1 aromatic rings. The molecule has 1 aromatic carbocycles. The van der Waals surface area contributed by atoms with Crippen LogP contribution < -0.4 is 0 Å². The summed E-state index contributed by atoms with van der Waals surface area (Å²) in [6.45, 7) is 0. The molecule has 1 N–H and O–H groups in total. The van der Waals surface area contributed by atoms with E-state index in [2.05, 4.69) is 4.99 Å². The third kappa shape index (κ3) is 2.23. The van der Waals surface area contributed by atoms with E-state index in [4.69, 9.17) is 5.11 Å². The second kappa shape index (κ2) is 4.12. The Bertz CT molecular complexity index is 476. The molecule has 76 valence electrons. The van der Waals surface area contributed by atoms with Crippen LogP contribution in [0.2, 0.25) is 0 Å². The summed E-state index contributed by atoms with van der Waals surface area (Å²) in [6.07, 6.45) is 1.20. The summed E-state index contributed by atoms with van der Waals surface area (Å²) < 4.78 is 0. The first kappa shape index (κ1) is 10.6. The third-order valence-corrected chi connectivity index (χ3v) is 1.58. The number of nitro benzene ring substituents is 1. The Kier molecular flexibility index (Phi) is 2.90. The van der Waals surface area contributed by atoms with Crippen LogP contribution in [0.15, 0.2) is 23.2 Å². The molecular weight excluding hydrogens is 204 g/mol. The number of carboxylic acids is 1. The molecule has 0 aliphatic carbocycles. The Morgan fingerprint density at radius 3 is 2.67 bits per heavy atom. The largest absolute Gasteiger partial charge is 0.477 e. The fourth-order valence-electron chi connectivity index (χ4n) is 0.974. The number of carboxylic acid groups (broad SMARTS) is 1. The van der Waals surface area contributed by atoms with E-state index in [9.17, 15) is 19.7 Å². The van der Waals surface area contributed by atoms with E-state index in [1.54, 1.807) is 0 Å². The van der Waals surface area contributed by atoms with Crippen LogP contribution in [0.5, 0.6) is 0 Å². The molecule has 0 spiro atoms. The quantitative estimate of drug-likeness (QED) is 0.348. The normalized spacial score (nSPS) is 9.07. The molecule has 0 saturated carbocycles. The standard InChI is InChI=1S/C8H4N2O5/c11-4-9-5-1-2-6(8(12)13)7(3-5)10(14)15/h1-3H,(H,12,13). The number of nitro groups is 1. The summed E-state index contributed by atoms with van der Waals surface area (Å²) in [5, 5.41) is 19.1. The lowest BCUT2D eigenvalue weighted by Crippen LogP contribution is -2.01. The first-order valence-electron chi connectivity index (χ1n) is 3.66. The van der Waals surface area contributed by atoms with Crippen molar-refractivity contribution in [2.45, 2.75) is 0 Å². The number of nitrogens with zero attached hydrogens (tertiary/aromatic N) is 2. The average molecular weight is 208 g/mol. The topological polar surface area (TPSA) is 110 Å². The summed E-state index contributed by atoms with van der Waals surface area (Å²) in [6, 6.07) is 3.09. The predicted molar refractivity (Wildman–Crippen MR) is 47.8 cm³/mol. The van der Waals surface area contributed by atoms with E-state index < -0.39 is 22.1 Å². The van der Waals surface area contributed by atoms with Crippen molar-refractivity contribution in [2.24, 2.45) is 4.99 Å². The number of hydrogen-bond donors (Lipinski definition) is 1. The van der Waals surface area contributed by atoms with Crippen molar-refractivity contribution < 1.29 is 19.6 Å². The summed E-state index contributed by atoms with van der Waals surface area (Å²) in [5.41, 5.74) is -1.08. The van der Waals surface area contributed by atoms with Crippen LogP contribution in [0.3, 0.4) is 0 Å². The smallest absolute Gasteiger partial charge is 0.342 e. The van der Waals surface area contributed by atoms with Gasteiger partial charge in [0.25, 0.3) is 5.69 Å². The molecule has 0 bridgehead atoms. The number of hydrogen-bond acceptors (Lipinski definition) is 5. The Hall–Kier alpha value is -2.53. The number of isocyanates is 1. The fraction of sp³-hybridized carbons (Fsp3) is 0. The molecule has 0 aliphatic rings. The minimum absolute atomic E-state index is 0.0123. The first-order chi connectivity index (χ1) is 7.06. The average Bonchev–Trinajstić information content (AvgIpc) is 2.17. The van der Waals surface area contributed by atoms with Crippen LogP contribution >= 0.6 is 0 Å². The van der Waals surface area contributed by atoms with Crippen molar-refractivity contribution in [1.82, 2.24) is 0 Å². The first-order valence-corrected chi connectivity index (χ1v) is 3.66. The monoisotopic (exact) mass is 208 g/mol. The van der Waals surface area contributed by atoms with Crippen LogP contribution in [0.1, 0.15) is 10.4 Å². The van der Waals surface area contributed by atoms with Gasteiger partial charge in [-0.1, -0.05) is 0 Å². The molecule has 0 aromatic heterocycles. The van der Waals surface area contributed by atoms with Gasteiger partial charge in [0.1, 0.15) is 5.56 Å². The Morgan fingerprint density at radius 1 is 1.53 bits per heavy atom. The molecule has 7 heteroatoms. The Balaban J connectivity index is 3.39. The van der Waals surface area contributed by atoms with Crippen molar-refractivity contribution in [1.29, 1.82) is 0 Å². The van der Waals surface area contributed by atoms with Crippen molar-refractivity contribution in [3.05, 3.63) is 33.9 Å². The summed E-state index contributed by atoms with van der Waals surface area (Å²) in [7, 11) is 0. The zero-order chi connectivity index (χ0) is 11.4. The van der Waals surface area contributed by atoms with E-state index in [-0.39, 0.29) is 5.69 Å². The second-order valence-corrected chi connectivity index (χ2v) is 2.47. The van der Waals surface area contributed by atoms with Crippen molar-refractivity contribution in [3.63, 3.8) is 0 Å². The fourth-order valence-corrected chi connectivity index (χ4v) is 0.974. The lowest BCUT2D eigenvalue weighted by atomic mass is 10.1. The van der Waals surface area contributed by atoms with Gasteiger partial charge in [-0.25, -0.2) is 9.59 Å². The van der Waals surface area contributed by atoms with Gasteiger partial charge in [0.15, 0.2) is 0 Å². The second-order valence-electron chi connectivity index (χ2n) is 2.47. The van der Waals surface area contributed by atoms with E-state index in [0.29, 0.717) is 0 Å². The van der Waals surface area contributed by atoms with Gasteiger partial charge in [-0.3, -0.25) is 10.1 Å². The lowest BCUT2D eigenvalue weighted by Gasteiger charge is -1.97. The van der Waals surface area contributed by atoms with Gasteiger partial charge in [0, 0.05) is 6.07 Å². The predicted octanol–water partition coefficient (Wildman–Crippen LogP) is 1.26. The van der Waals surface area contributed by atoms with Gasteiger partial charge in [0.2, 0.25) is 6.08 Å². The van der Waals surface area contributed by atoms with Crippen molar-refractivity contribution in [2.75, 3.05) is 0 Å². The van der Waals surface area contributed by atoms with Gasteiger partial charge in [-0.2, -0.15) is 4.99 Å². The van der Waals surface area contributed by atoms with E-state index in [0.717, 1.165) is 12.1 Å². The zero-order valence-corrected chi connectivity index (χ0v) is 7.21. The molecule has 15 heavy (non-hydrogen) atoms. The molecule has 0 unspecified atom stereocenters. The lowest BCUT2D eigenvalue weighted by molar-refractivity contribution is -0.385. The Morgan fingerprint density at radius 2 is 2.20 bits per heavy atom. The molecule has 0 aliphatic heterocycles. The van der Waals surface area contributed by atoms with E-state index in [1.165, 1.54) is 12.1 Å².